The first-order chi connectivity index (χ1) is 10.2. The van der Waals surface area contributed by atoms with E-state index in [1.165, 1.54) is 0 Å². The molecule has 1 atom stereocenters. The molecule has 0 saturated heterocycles. The minimum absolute atomic E-state index is 0.399. The van der Waals surface area contributed by atoms with Gasteiger partial charge in [0.05, 0.1) is 6.42 Å². The molecule has 0 unspecified atom stereocenters. The summed E-state index contributed by atoms with van der Waals surface area (Å²) in [7, 11) is 0. The largest absolute Gasteiger partial charge is 0.480 e. The van der Waals surface area contributed by atoms with Crippen molar-refractivity contribution in [3.63, 3.8) is 0 Å². The van der Waals surface area contributed by atoms with Gasteiger partial charge in [-0.3, -0.25) is 4.79 Å². The van der Waals surface area contributed by atoms with Gasteiger partial charge in [0, 0.05) is 5.69 Å². The molecule has 0 spiro atoms. The summed E-state index contributed by atoms with van der Waals surface area (Å²) in [5, 5.41) is 13.8. The molecular weight excluding hydrogens is 288 g/mol. The van der Waals surface area contributed by atoms with Crippen LogP contribution in [0.5, 0.6) is 0 Å². The van der Waals surface area contributed by atoms with Crippen molar-refractivity contribution in [2.75, 3.05) is 5.32 Å². The van der Waals surface area contributed by atoms with Crippen LogP contribution in [0.3, 0.4) is 0 Å². The van der Waals surface area contributed by atoms with Gasteiger partial charge in [-0.05, 0) is 32.9 Å². The Labute approximate surface area is 128 Å². The number of nitrogens with one attached hydrogen (secondary N) is 2. The summed E-state index contributed by atoms with van der Waals surface area (Å²) in [6.45, 7) is 4.97. The van der Waals surface area contributed by atoms with Crippen molar-refractivity contribution >= 4 is 23.7 Å². The van der Waals surface area contributed by atoms with E-state index >= 15 is 0 Å². The molecular formula is C15H20N2O5. The van der Waals surface area contributed by atoms with E-state index in [1.807, 2.05) is 0 Å². The van der Waals surface area contributed by atoms with E-state index in [0.29, 0.717) is 5.69 Å². The number of carbonyl (C=O) groups excluding carboxylic acids is 2. The van der Waals surface area contributed by atoms with Gasteiger partial charge < -0.3 is 20.5 Å². The minimum atomic E-state index is -1.36. The summed E-state index contributed by atoms with van der Waals surface area (Å²) in [5.41, 5.74) is -0.201. The Kier molecular flexibility index (Phi) is 5.91. The zero-order valence-corrected chi connectivity index (χ0v) is 12.8. The number of rotatable bonds is 5. The van der Waals surface area contributed by atoms with Gasteiger partial charge in [0.25, 0.3) is 0 Å². The van der Waals surface area contributed by atoms with Gasteiger partial charge in [-0.25, -0.2) is 9.59 Å². The fraction of sp³-hybridized carbons (Fsp3) is 0.400. The van der Waals surface area contributed by atoms with Gasteiger partial charge in [0.15, 0.2) is 0 Å². The highest BCUT2D eigenvalue weighted by Gasteiger charge is 2.26. The molecule has 0 aliphatic heterocycles. The maximum Gasteiger partial charge on any atom is 0.408 e. The highest BCUT2D eigenvalue weighted by atomic mass is 16.6. The van der Waals surface area contributed by atoms with Crippen LogP contribution < -0.4 is 10.6 Å². The highest BCUT2D eigenvalue weighted by Crippen LogP contribution is 2.09. The molecule has 1 aromatic rings. The number of carboxylic acids is 1. The molecule has 0 saturated carbocycles. The maximum atomic E-state index is 11.8. The van der Waals surface area contributed by atoms with E-state index in [9.17, 15) is 14.4 Å². The molecule has 0 bridgehead atoms. The van der Waals surface area contributed by atoms with Gasteiger partial charge >= 0.3 is 12.1 Å². The molecule has 0 radical (unpaired) electrons. The summed E-state index contributed by atoms with van der Waals surface area (Å²) in [5.74, 6) is -1.83. The third-order valence-corrected chi connectivity index (χ3v) is 2.44. The summed E-state index contributed by atoms with van der Waals surface area (Å²) in [6, 6.07) is 7.26. The molecule has 0 aliphatic carbocycles. The quantitative estimate of drug-likeness (QED) is 0.771. The second kappa shape index (κ2) is 7.44. The van der Waals surface area contributed by atoms with Crippen molar-refractivity contribution in [1.29, 1.82) is 0 Å². The van der Waals surface area contributed by atoms with Crippen LogP contribution in [0, 0.1) is 0 Å². The number of hydrogen-bond donors (Lipinski definition) is 3. The molecule has 0 fully saturated rings. The van der Waals surface area contributed by atoms with Crippen LogP contribution in [0.2, 0.25) is 0 Å². The Hall–Kier alpha value is -2.57. The van der Waals surface area contributed by atoms with Crippen molar-refractivity contribution in [3.05, 3.63) is 30.3 Å². The Morgan fingerprint density at radius 1 is 1.18 bits per heavy atom. The smallest absolute Gasteiger partial charge is 0.408 e. The molecule has 0 aliphatic rings. The molecule has 22 heavy (non-hydrogen) atoms. The van der Waals surface area contributed by atoms with Crippen LogP contribution in [-0.4, -0.2) is 34.7 Å². The summed E-state index contributed by atoms with van der Waals surface area (Å²) in [6.07, 6.45) is -1.28. The molecule has 1 aromatic carbocycles. The van der Waals surface area contributed by atoms with Crippen molar-refractivity contribution in [2.24, 2.45) is 0 Å². The van der Waals surface area contributed by atoms with E-state index in [0.717, 1.165) is 0 Å². The highest BCUT2D eigenvalue weighted by molar-refractivity contribution is 5.94. The topological polar surface area (TPSA) is 105 Å². The number of carbonyl (C=O) groups is 3. The van der Waals surface area contributed by atoms with Crippen molar-refractivity contribution in [1.82, 2.24) is 5.32 Å². The maximum absolute atomic E-state index is 11.8. The third kappa shape index (κ3) is 6.74. The molecule has 3 N–H and O–H groups in total. The third-order valence-electron chi connectivity index (χ3n) is 2.44. The van der Waals surface area contributed by atoms with Crippen molar-refractivity contribution < 1.29 is 24.2 Å². The zero-order chi connectivity index (χ0) is 16.8. The van der Waals surface area contributed by atoms with E-state index < -0.39 is 36.0 Å². The molecule has 7 heteroatoms. The lowest BCUT2D eigenvalue weighted by molar-refractivity contribution is -0.141. The fourth-order valence-electron chi connectivity index (χ4n) is 1.57. The standard InChI is InChI=1S/C15H20N2O5/c1-15(2,3)22-14(21)17-11(13(19)20)9-12(18)16-10-7-5-4-6-8-10/h4-8,11H,9H2,1-3H3,(H,16,18)(H,17,21)(H,19,20)/t11-/m0/s1. The van der Waals surface area contributed by atoms with Gasteiger partial charge in [0.1, 0.15) is 11.6 Å². The molecule has 0 aromatic heterocycles. The van der Waals surface area contributed by atoms with Crippen LogP contribution in [0.4, 0.5) is 10.5 Å². The summed E-state index contributed by atoms with van der Waals surface area (Å²) in [4.78, 5) is 34.6. The Bertz CT molecular complexity index is 537. The monoisotopic (exact) mass is 308 g/mol. The van der Waals surface area contributed by atoms with Crippen LogP contribution in [0.1, 0.15) is 27.2 Å². The average Bonchev–Trinajstić information content (AvgIpc) is 2.36. The first kappa shape index (κ1) is 17.5. The number of anilines is 1. The van der Waals surface area contributed by atoms with Crippen LogP contribution in [0.25, 0.3) is 0 Å². The SMILES string of the molecule is CC(C)(C)OC(=O)N[C@@H](CC(=O)Nc1ccccc1)C(=O)O. The first-order valence-corrected chi connectivity index (χ1v) is 6.74. The number of aliphatic carboxylic acids is 1. The van der Waals surface area contributed by atoms with Gasteiger partial charge in [-0.1, -0.05) is 18.2 Å². The fourth-order valence-corrected chi connectivity index (χ4v) is 1.57. The Morgan fingerprint density at radius 3 is 2.27 bits per heavy atom. The number of ether oxygens (including phenoxy) is 1. The zero-order valence-electron chi connectivity index (χ0n) is 12.8. The second-order valence-electron chi connectivity index (χ2n) is 5.66. The Morgan fingerprint density at radius 2 is 1.77 bits per heavy atom. The van der Waals surface area contributed by atoms with E-state index in [1.54, 1.807) is 51.1 Å². The average molecular weight is 308 g/mol. The van der Waals surface area contributed by atoms with Gasteiger partial charge in [-0.2, -0.15) is 0 Å². The molecule has 0 heterocycles. The first-order valence-electron chi connectivity index (χ1n) is 6.74. The lowest BCUT2D eigenvalue weighted by Crippen LogP contribution is -2.45. The summed E-state index contributed by atoms with van der Waals surface area (Å²) < 4.78 is 4.97. The van der Waals surface area contributed by atoms with Crippen molar-refractivity contribution in [3.8, 4) is 0 Å². The predicted octanol–water partition coefficient (Wildman–Crippen LogP) is 1.99. The lowest BCUT2D eigenvalue weighted by atomic mass is 10.2. The number of benzene rings is 1. The lowest BCUT2D eigenvalue weighted by Gasteiger charge is -2.21. The molecule has 1 rings (SSSR count). The molecule has 7 nitrogen and oxygen atoms in total. The van der Waals surface area contributed by atoms with Crippen molar-refractivity contribution in [2.45, 2.75) is 38.8 Å². The van der Waals surface area contributed by atoms with E-state index in [4.69, 9.17) is 9.84 Å². The molecule has 2 amide bonds. The number of carboxylic acid groups (broad SMARTS) is 1. The van der Waals surface area contributed by atoms with Gasteiger partial charge in [-0.15, -0.1) is 0 Å². The van der Waals surface area contributed by atoms with Gasteiger partial charge in [0.2, 0.25) is 5.91 Å². The van der Waals surface area contributed by atoms with Crippen LogP contribution in [-0.2, 0) is 14.3 Å². The summed E-state index contributed by atoms with van der Waals surface area (Å²) >= 11 is 0. The number of alkyl carbamates (subject to hydrolysis) is 1. The van der Waals surface area contributed by atoms with Crippen LogP contribution in [0.15, 0.2) is 30.3 Å². The second-order valence-corrected chi connectivity index (χ2v) is 5.66. The van der Waals surface area contributed by atoms with E-state index in [2.05, 4.69) is 10.6 Å². The minimum Gasteiger partial charge on any atom is -0.480 e. The number of para-hydroxylation sites is 1. The Balaban J connectivity index is 2.59. The predicted molar refractivity (Wildman–Crippen MR) is 80.5 cm³/mol. The van der Waals surface area contributed by atoms with E-state index in [-0.39, 0.29) is 0 Å². The normalized spacial score (nSPS) is 12.1. The molecule has 120 valence electrons. The number of amides is 2. The van der Waals surface area contributed by atoms with Crippen LogP contribution >= 0.6 is 0 Å². The number of hydrogen-bond acceptors (Lipinski definition) is 4.